The molecule has 2 aromatic heterocycles. The Bertz CT molecular complexity index is 1550. The first-order chi connectivity index (χ1) is 17.9. The van der Waals surface area contributed by atoms with Gasteiger partial charge in [-0.05, 0) is 28.8 Å². The van der Waals surface area contributed by atoms with Gasteiger partial charge in [0.2, 0.25) is 0 Å². The normalized spacial score (nSPS) is 15.1. The largest absolute Gasteiger partial charge is 0.345 e. The smallest absolute Gasteiger partial charge is 0.165 e. The van der Waals surface area contributed by atoms with Crippen LogP contribution in [-0.2, 0) is 12.0 Å². The van der Waals surface area contributed by atoms with E-state index in [9.17, 15) is 0 Å². The molecule has 5 nitrogen and oxygen atoms in total. The lowest BCUT2D eigenvalue weighted by Gasteiger charge is -2.34. The predicted octanol–water partition coefficient (Wildman–Crippen LogP) is 5.06. The van der Waals surface area contributed by atoms with Crippen LogP contribution in [0.3, 0.4) is 0 Å². The fraction of sp³-hybridized carbons (Fsp3) is 0.312. The van der Waals surface area contributed by atoms with Crippen molar-refractivity contribution in [3.8, 4) is 11.1 Å². The van der Waals surface area contributed by atoms with Crippen LogP contribution in [0.15, 0.2) is 79.0 Å². The summed E-state index contributed by atoms with van der Waals surface area (Å²) in [6.07, 6.45) is 1.97. The molecule has 6 rings (SSSR count). The molecule has 0 bridgehead atoms. The van der Waals surface area contributed by atoms with E-state index in [0.717, 1.165) is 61.0 Å². The van der Waals surface area contributed by atoms with Crippen LogP contribution in [0.1, 0.15) is 37.6 Å². The third-order valence-corrected chi connectivity index (χ3v) is 7.80. The minimum absolute atomic E-state index is 0.0479. The lowest BCUT2D eigenvalue weighted by Crippen LogP contribution is -3.13. The maximum absolute atomic E-state index is 5.12. The molecule has 1 aliphatic heterocycles. The van der Waals surface area contributed by atoms with E-state index in [1.165, 1.54) is 21.9 Å². The van der Waals surface area contributed by atoms with Crippen LogP contribution in [0, 0.1) is 6.92 Å². The number of aromatic nitrogens is 3. The van der Waals surface area contributed by atoms with E-state index in [1.54, 1.807) is 4.90 Å². The Kier molecular flexibility index (Phi) is 5.96. The van der Waals surface area contributed by atoms with E-state index >= 15 is 0 Å². The third kappa shape index (κ3) is 4.49. The van der Waals surface area contributed by atoms with Gasteiger partial charge in [0, 0.05) is 22.6 Å². The van der Waals surface area contributed by atoms with Gasteiger partial charge >= 0.3 is 0 Å². The molecule has 0 spiro atoms. The Hall–Kier alpha value is -3.70. The monoisotopic (exact) mass is 490 g/mol. The van der Waals surface area contributed by atoms with Crippen LogP contribution < -0.4 is 9.80 Å². The number of fused-ring (bicyclic) bond motifs is 2. The average Bonchev–Trinajstić information content (AvgIpc) is 3.34. The van der Waals surface area contributed by atoms with Crippen LogP contribution in [0.2, 0.25) is 0 Å². The van der Waals surface area contributed by atoms with E-state index in [-0.39, 0.29) is 5.41 Å². The van der Waals surface area contributed by atoms with Crippen molar-refractivity contribution in [2.75, 3.05) is 31.1 Å². The van der Waals surface area contributed by atoms with E-state index in [4.69, 9.17) is 10.1 Å². The summed E-state index contributed by atoms with van der Waals surface area (Å²) >= 11 is 0. The standard InChI is InChI=1S/C32H35N5/c1-23-14-15-25-12-8-9-13-26(25)28(23)22-35-16-18-36(19-17-35)30-20-29(32(2,3)4)34-31-27(21-33-37(30)31)24-10-6-5-7-11-24/h5-15,20-21H,16-19,22H2,1-4H3/p+1. The second-order valence-electron chi connectivity index (χ2n) is 11.4. The average molecular weight is 491 g/mol. The fourth-order valence-corrected chi connectivity index (χ4v) is 5.54. The molecule has 188 valence electrons. The highest BCUT2D eigenvalue weighted by atomic mass is 15.4. The van der Waals surface area contributed by atoms with Gasteiger partial charge in [0.05, 0.1) is 38.1 Å². The molecule has 0 atom stereocenters. The zero-order valence-corrected chi connectivity index (χ0v) is 22.3. The van der Waals surface area contributed by atoms with E-state index < -0.39 is 0 Å². The van der Waals surface area contributed by atoms with Crippen molar-refractivity contribution in [2.45, 2.75) is 39.7 Å². The van der Waals surface area contributed by atoms with Gasteiger partial charge in [0.15, 0.2) is 5.65 Å². The summed E-state index contributed by atoms with van der Waals surface area (Å²) in [5.74, 6) is 1.15. The van der Waals surface area contributed by atoms with Gasteiger partial charge in [-0.3, -0.25) is 0 Å². The summed E-state index contributed by atoms with van der Waals surface area (Å²) in [5, 5.41) is 7.56. The van der Waals surface area contributed by atoms with Crippen molar-refractivity contribution < 1.29 is 4.90 Å². The Morgan fingerprint density at radius 1 is 0.892 bits per heavy atom. The van der Waals surface area contributed by atoms with Gasteiger partial charge in [-0.15, -0.1) is 0 Å². The molecule has 0 amide bonds. The number of anilines is 1. The summed E-state index contributed by atoms with van der Waals surface area (Å²) < 4.78 is 2.05. The molecule has 1 saturated heterocycles. The molecule has 3 heterocycles. The molecule has 1 fully saturated rings. The number of nitrogens with one attached hydrogen (secondary N) is 1. The molecule has 0 aliphatic carbocycles. The number of aryl methyl sites for hydroxylation is 1. The first-order valence-electron chi connectivity index (χ1n) is 13.4. The van der Waals surface area contributed by atoms with Gasteiger partial charge in [0.25, 0.3) is 0 Å². The molecule has 1 aliphatic rings. The fourth-order valence-electron chi connectivity index (χ4n) is 5.54. The second-order valence-corrected chi connectivity index (χ2v) is 11.4. The summed E-state index contributed by atoms with van der Waals surface area (Å²) in [6, 6.07) is 26.1. The van der Waals surface area contributed by atoms with Gasteiger partial charge in [-0.1, -0.05) is 87.5 Å². The van der Waals surface area contributed by atoms with Crippen LogP contribution in [0.5, 0.6) is 0 Å². The highest BCUT2D eigenvalue weighted by Crippen LogP contribution is 2.31. The molecular weight excluding hydrogens is 454 g/mol. The lowest BCUT2D eigenvalue weighted by atomic mass is 9.91. The molecular formula is C32H36N5+. The van der Waals surface area contributed by atoms with Gasteiger partial charge in [-0.25, -0.2) is 4.98 Å². The Balaban J connectivity index is 1.30. The first-order valence-corrected chi connectivity index (χ1v) is 13.4. The summed E-state index contributed by atoms with van der Waals surface area (Å²) in [5.41, 5.74) is 7.12. The number of piperazine rings is 1. The molecule has 37 heavy (non-hydrogen) atoms. The Morgan fingerprint density at radius 2 is 1.62 bits per heavy atom. The Labute approximate surface area is 219 Å². The van der Waals surface area contributed by atoms with Crippen LogP contribution in [-0.4, -0.2) is 40.8 Å². The lowest BCUT2D eigenvalue weighted by molar-refractivity contribution is -0.914. The Morgan fingerprint density at radius 3 is 2.38 bits per heavy atom. The van der Waals surface area contributed by atoms with Crippen molar-refractivity contribution >= 4 is 22.2 Å². The van der Waals surface area contributed by atoms with Crippen LogP contribution in [0.4, 0.5) is 5.82 Å². The minimum atomic E-state index is -0.0479. The summed E-state index contributed by atoms with van der Waals surface area (Å²) in [4.78, 5) is 9.26. The van der Waals surface area contributed by atoms with Crippen LogP contribution in [0.25, 0.3) is 27.5 Å². The molecule has 0 radical (unpaired) electrons. The van der Waals surface area contributed by atoms with Crippen molar-refractivity contribution in [1.29, 1.82) is 0 Å². The maximum atomic E-state index is 5.12. The zero-order valence-electron chi connectivity index (χ0n) is 22.3. The number of nitrogens with zero attached hydrogens (tertiary/aromatic N) is 4. The second kappa shape index (κ2) is 9.31. The van der Waals surface area contributed by atoms with Crippen molar-refractivity contribution in [1.82, 2.24) is 14.6 Å². The van der Waals surface area contributed by atoms with E-state index in [0.29, 0.717) is 0 Å². The molecule has 5 aromatic rings. The minimum Gasteiger partial charge on any atom is -0.345 e. The number of benzene rings is 3. The quantitative estimate of drug-likeness (QED) is 0.383. The number of rotatable bonds is 4. The summed E-state index contributed by atoms with van der Waals surface area (Å²) in [7, 11) is 0. The van der Waals surface area contributed by atoms with Gasteiger partial charge < -0.3 is 9.80 Å². The van der Waals surface area contributed by atoms with E-state index in [1.807, 2.05) is 6.20 Å². The van der Waals surface area contributed by atoms with Crippen molar-refractivity contribution in [2.24, 2.45) is 0 Å². The predicted molar refractivity (Wildman–Crippen MR) is 152 cm³/mol. The van der Waals surface area contributed by atoms with Crippen LogP contribution >= 0.6 is 0 Å². The molecule has 5 heteroatoms. The molecule has 0 saturated carbocycles. The van der Waals surface area contributed by atoms with E-state index in [2.05, 4.69) is 110 Å². The van der Waals surface area contributed by atoms with Crippen molar-refractivity contribution in [3.05, 3.63) is 95.8 Å². The highest BCUT2D eigenvalue weighted by Gasteiger charge is 2.27. The summed E-state index contributed by atoms with van der Waals surface area (Å²) in [6.45, 7) is 14.2. The maximum Gasteiger partial charge on any atom is 0.165 e. The van der Waals surface area contributed by atoms with Gasteiger partial charge in [-0.2, -0.15) is 9.61 Å². The highest BCUT2D eigenvalue weighted by molar-refractivity contribution is 5.86. The van der Waals surface area contributed by atoms with Crippen molar-refractivity contribution in [3.63, 3.8) is 0 Å². The molecule has 1 N–H and O–H groups in total. The number of hydrogen-bond acceptors (Lipinski definition) is 3. The van der Waals surface area contributed by atoms with Gasteiger partial charge in [0.1, 0.15) is 12.4 Å². The number of hydrogen-bond donors (Lipinski definition) is 1. The zero-order chi connectivity index (χ0) is 25.6. The number of quaternary nitrogens is 1. The topological polar surface area (TPSA) is 37.9 Å². The molecule has 0 unspecified atom stereocenters. The SMILES string of the molecule is Cc1ccc2ccccc2c1C[NH+]1CCN(c2cc(C(C)(C)C)nc3c(-c4ccccc4)cnn23)CC1. The third-order valence-electron chi connectivity index (χ3n) is 7.80. The first kappa shape index (κ1) is 23.7. The molecule has 3 aromatic carbocycles.